The van der Waals surface area contributed by atoms with E-state index in [1.54, 1.807) is 0 Å². The maximum absolute atomic E-state index is 10.5. The summed E-state index contributed by atoms with van der Waals surface area (Å²) in [6, 6.07) is 0. The minimum absolute atomic E-state index is 0.0756. The van der Waals surface area contributed by atoms with Crippen LogP contribution in [0.1, 0.15) is 57.8 Å². The molecule has 0 heterocycles. The lowest BCUT2D eigenvalue weighted by Crippen LogP contribution is -2.17. The quantitative estimate of drug-likeness (QED) is 0.704. The molecule has 90 valence electrons. The maximum Gasteiger partial charge on any atom is 0.0783 e. The van der Waals surface area contributed by atoms with Crippen LogP contribution in [0, 0.1) is 17.8 Å². The summed E-state index contributed by atoms with van der Waals surface area (Å²) in [4.78, 5) is 0. The van der Waals surface area contributed by atoms with Crippen LogP contribution in [-0.2, 0) is 0 Å². The molecule has 1 nitrogen and oxygen atoms in total. The Hall–Kier alpha value is -0.300. The minimum Gasteiger partial charge on any atom is -0.388 e. The van der Waals surface area contributed by atoms with Gasteiger partial charge in [-0.1, -0.05) is 25.3 Å². The highest BCUT2D eigenvalue weighted by Gasteiger charge is 2.56. The van der Waals surface area contributed by atoms with E-state index in [0.29, 0.717) is 5.92 Å². The topological polar surface area (TPSA) is 20.2 Å². The molecule has 3 aliphatic rings. The van der Waals surface area contributed by atoms with Gasteiger partial charge in [0.05, 0.1) is 6.10 Å². The maximum atomic E-state index is 10.5. The molecule has 0 aromatic rings. The molecular weight excluding hydrogens is 196 g/mol. The fraction of sp³-hybridized carbons (Fsp3) is 0.867. The zero-order valence-corrected chi connectivity index (χ0v) is 10.2. The average Bonchev–Trinajstić information content (AvgIpc) is 2.71. The van der Waals surface area contributed by atoms with E-state index in [0.717, 1.165) is 18.3 Å². The SMILES string of the molecule is OC(C1=CCCCCCC1)C1C2CCCC21. The fourth-order valence-corrected chi connectivity index (χ4v) is 4.08. The van der Waals surface area contributed by atoms with E-state index in [2.05, 4.69) is 6.08 Å². The van der Waals surface area contributed by atoms with Crippen molar-refractivity contribution in [2.45, 2.75) is 63.9 Å². The Balaban J connectivity index is 1.62. The van der Waals surface area contributed by atoms with Gasteiger partial charge in [0.15, 0.2) is 0 Å². The highest BCUT2D eigenvalue weighted by atomic mass is 16.3. The van der Waals surface area contributed by atoms with Gasteiger partial charge >= 0.3 is 0 Å². The second-order valence-corrected chi connectivity index (χ2v) is 6.01. The van der Waals surface area contributed by atoms with Gasteiger partial charge in [-0.3, -0.25) is 0 Å². The first-order valence-corrected chi connectivity index (χ1v) is 7.25. The predicted molar refractivity (Wildman–Crippen MR) is 66.1 cm³/mol. The highest BCUT2D eigenvalue weighted by molar-refractivity contribution is 5.18. The Morgan fingerprint density at radius 2 is 1.75 bits per heavy atom. The predicted octanol–water partition coefficient (Wildman–Crippen LogP) is 3.67. The third-order valence-corrected chi connectivity index (χ3v) is 5.04. The van der Waals surface area contributed by atoms with Crippen LogP contribution in [0.3, 0.4) is 0 Å². The van der Waals surface area contributed by atoms with Crippen molar-refractivity contribution in [3.05, 3.63) is 11.6 Å². The van der Waals surface area contributed by atoms with Crippen molar-refractivity contribution in [2.24, 2.45) is 17.8 Å². The summed E-state index contributed by atoms with van der Waals surface area (Å²) in [5.41, 5.74) is 1.39. The van der Waals surface area contributed by atoms with E-state index < -0.39 is 0 Å². The summed E-state index contributed by atoms with van der Waals surface area (Å²) in [6.07, 6.45) is 14.2. The van der Waals surface area contributed by atoms with Crippen LogP contribution in [0.5, 0.6) is 0 Å². The number of aliphatic hydroxyl groups is 1. The molecule has 3 aliphatic carbocycles. The van der Waals surface area contributed by atoms with E-state index in [9.17, 15) is 5.11 Å². The molecule has 2 fully saturated rings. The molecule has 0 aromatic heterocycles. The smallest absolute Gasteiger partial charge is 0.0783 e. The van der Waals surface area contributed by atoms with Gasteiger partial charge in [0, 0.05) is 0 Å². The first kappa shape index (κ1) is 10.8. The lowest BCUT2D eigenvalue weighted by atomic mass is 9.92. The molecule has 2 saturated carbocycles. The van der Waals surface area contributed by atoms with E-state index in [1.165, 1.54) is 56.9 Å². The van der Waals surface area contributed by atoms with Gasteiger partial charge in [-0.15, -0.1) is 0 Å². The molecule has 0 bridgehead atoms. The third-order valence-electron chi connectivity index (χ3n) is 5.04. The van der Waals surface area contributed by atoms with E-state index in [-0.39, 0.29) is 6.10 Å². The Kier molecular flexibility index (Phi) is 3.06. The second-order valence-electron chi connectivity index (χ2n) is 6.01. The van der Waals surface area contributed by atoms with Crippen LogP contribution in [0.4, 0.5) is 0 Å². The van der Waals surface area contributed by atoms with Crippen molar-refractivity contribution in [3.8, 4) is 0 Å². The number of hydrogen-bond donors (Lipinski definition) is 1. The first-order valence-electron chi connectivity index (χ1n) is 7.25. The summed E-state index contributed by atoms with van der Waals surface area (Å²) in [5.74, 6) is 2.43. The summed E-state index contributed by atoms with van der Waals surface area (Å²) in [5, 5.41) is 10.5. The van der Waals surface area contributed by atoms with Crippen molar-refractivity contribution in [2.75, 3.05) is 0 Å². The molecule has 0 aromatic carbocycles. The van der Waals surface area contributed by atoms with Crippen molar-refractivity contribution in [1.82, 2.24) is 0 Å². The number of fused-ring (bicyclic) bond motifs is 1. The summed E-state index contributed by atoms with van der Waals surface area (Å²) < 4.78 is 0. The van der Waals surface area contributed by atoms with Crippen LogP contribution >= 0.6 is 0 Å². The number of aliphatic hydroxyl groups excluding tert-OH is 1. The molecule has 3 unspecified atom stereocenters. The average molecular weight is 220 g/mol. The Labute approximate surface area is 98.9 Å². The molecule has 3 rings (SSSR count). The van der Waals surface area contributed by atoms with Gasteiger partial charge in [-0.2, -0.15) is 0 Å². The standard InChI is InChI=1S/C15H24O/c16-15(14-12-9-6-10-13(12)14)11-7-4-2-1-3-5-8-11/h7,12-16H,1-6,8-10H2. The van der Waals surface area contributed by atoms with Crippen molar-refractivity contribution in [3.63, 3.8) is 0 Å². The van der Waals surface area contributed by atoms with E-state index in [4.69, 9.17) is 0 Å². The Morgan fingerprint density at radius 3 is 2.56 bits per heavy atom. The van der Waals surface area contributed by atoms with Gasteiger partial charge in [0.2, 0.25) is 0 Å². The van der Waals surface area contributed by atoms with E-state index in [1.807, 2.05) is 0 Å². The molecule has 0 aliphatic heterocycles. The van der Waals surface area contributed by atoms with Crippen LogP contribution in [0.25, 0.3) is 0 Å². The lowest BCUT2D eigenvalue weighted by Gasteiger charge is -2.19. The molecule has 16 heavy (non-hydrogen) atoms. The van der Waals surface area contributed by atoms with Crippen LogP contribution in [-0.4, -0.2) is 11.2 Å². The monoisotopic (exact) mass is 220 g/mol. The van der Waals surface area contributed by atoms with E-state index >= 15 is 0 Å². The molecule has 1 N–H and O–H groups in total. The molecule has 0 radical (unpaired) electrons. The number of rotatable bonds is 2. The summed E-state index contributed by atoms with van der Waals surface area (Å²) in [6.45, 7) is 0. The van der Waals surface area contributed by atoms with Crippen molar-refractivity contribution < 1.29 is 5.11 Å². The van der Waals surface area contributed by atoms with Crippen LogP contribution in [0.2, 0.25) is 0 Å². The molecule has 0 amide bonds. The van der Waals surface area contributed by atoms with Crippen molar-refractivity contribution >= 4 is 0 Å². The first-order chi connectivity index (χ1) is 7.88. The molecule has 0 saturated heterocycles. The van der Waals surface area contributed by atoms with Crippen LogP contribution in [0.15, 0.2) is 11.6 Å². The molecule has 0 spiro atoms. The number of allylic oxidation sites excluding steroid dienone is 1. The zero-order valence-electron chi connectivity index (χ0n) is 10.2. The van der Waals surface area contributed by atoms with Gasteiger partial charge in [-0.05, 0) is 61.9 Å². The third kappa shape index (κ3) is 1.95. The molecular formula is C15H24O. The largest absolute Gasteiger partial charge is 0.388 e. The van der Waals surface area contributed by atoms with Gasteiger partial charge < -0.3 is 5.11 Å². The highest BCUT2D eigenvalue weighted by Crippen LogP contribution is 2.60. The minimum atomic E-state index is -0.0756. The van der Waals surface area contributed by atoms with Crippen molar-refractivity contribution in [1.29, 1.82) is 0 Å². The van der Waals surface area contributed by atoms with Gasteiger partial charge in [-0.25, -0.2) is 0 Å². The van der Waals surface area contributed by atoms with Crippen LogP contribution < -0.4 is 0 Å². The lowest BCUT2D eigenvalue weighted by molar-refractivity contribution is 0.164. The Bertz CT molecular complexity index is 271. The van der Waals surface area contributed by atoms with Gasteiger partial charge in [0.1, 0.15) is 0 Å². The zero-order chi connectivity index (χ0) is 11.0. The number of hydrogen-bond acceptors (Lipinski definition) is 1. The molecule has 3 atom stereocenters. The normalized spacial score (nSPS) is 40.6. The summed E-state index contributed by atoms with van der Waals surface area (Å²) in [7, 11) is 0. The molecule has 1 heteroatoms. The summed E-state index contributed by atoms with van der Waals surface area (Å²) >= 11 is 0. The fourth-order valence-electron chi connectivity index (χ4n) is 4.08. The second kappa shape index (κ2) is 4.52. The van der Waals surface area contributed by atoms with Gasteiger partial charge in [0.25, 0.3) is 0 Å². The Morgan fingerprint density at radius 1 is 1.00 bits per heavy atom.